The van der Waals surface area contributed by atoms with Crippen molar-refractivity contribution in [3.05, 3.63) is 53.1 Å². The Morgan fingerprint density at radius 2 is 1.68 bits per heavy atom. The molecule has 0 radical (unpaired) electrons. The molecule has 0 aliphatic carbocycles. The molecular weight excluding hydrogens is 326 g/mol. The van der Waals surface area contributed by atoms with E-state index in [0.717, 1.165) is 17.0 Å². The van der Waals surface area contributed by atoms with Crippen molar-refractivity contribution in [1.82, 2.24) is 0 Å². The first kappa shape index (κ1) is 15.3. The molecule has 7 heteroatoms. The van der Waals surface area contributed by atoms with E-state index in [-0.39, 0.29) is 29.1 Å². The molecular formula is C18H13NO6. The molecule has 0 aromatic heterocycles. The van der Waals surface area contributed by atoms with Crippen molar-refractivity contribution in [3.8, 4) is 11.5 Å². The van der Waals surface area contributed by atoms with Crippen LogP contribution in [0.3, 0.4) is 0 Å². The molecule has 2 aromatic rings. The first-order valence-corrected chi connectivity index (χ1v) is 7.57. The largest absolute Gasteiger partial charge is 0.478 e. The van der Waals surface area contributed by atoms with Crippen molar-refractivity contribution in [2.75, 3.05) is 0 Å². The maximum Gasteiger partial charge on any atom is 0.336 e. The van der Waals surface area contributed by atoms with Crippen LogP contribution in [-0.2, 0) is 4.74 Å². The minimum Gasteiger partial charge on any atom is -0.478 e. The summed E-state index contributed by atoms with van der Waals surface area (Å²) in [6, 6.07) is 9.20. The van der Waals surface area contributed by atoms with Crippen LogP contribution in [0.15, 0.2) is 41.4 Å². The number of rotatable bonds is 4. The van der Waals surface area contributed by atoms with Gasteiger partial charge in [0.05, 0.1) is 16.8 Å². The Labute approximate surface area is 142 Å². The Hall–Kier alpha value is -3.19. The predicted octanol–water partition coefficient (Wildman–Crippen LogP) is 3.42. The van der Waals surface area contributed by atoms with E-state index in [1.54, 1.807) is 12.1 Å². The number of benzene rings is 2. The first-order chi connectivity index (χ1) is 11.9. The minimum atomic E-state index is -1.33. The molecule has 25 heavy (non-hydrogen) atoms. The van der Waals surface area contributed by atoms with Crippen molar-refractivity contribution in [3.63, 3.8) is 0 Å². The second kappa shape index (κ2) is 5.42. The molecule has 2 N–H and O–H groups in total. The molecule has 0 bridgehead atoms. The summed E-state index contributed by atoms with van der Waals surface area (Å²) >= 11 is 0. The Morgan fingerprint density at radius 1 is 1.00 bits per heavy atom. The number of fused-ring (bicyclic) bond motifs is 3. The van der Waals surface area contributed by atoms with Gasteiger partial charge in [-0.05, 0) is 31.2 Å². The van der Waals surface area contributed by atoms with Crippen LogP contribution in [0, 0.1) is 0 Å². The smallest absolute Gasteiger partial charge is 0.336 e. The third-order valence-electron chi connectivity index (χ3n) is 4.20. The van der Waals surface area contributed by atoms with Crippen LogP contribution < -0.4 is 4.74 Å². The van der Waals surface area contributed by atoms with Gasteiger partial charge >= 0.3 is 11.9 Å². The van der Waals surface area contributed by atoms with Crippen molar-refractivity contribution < 1.29 is 29.3 Å². The number of carboxylic acid groups (broad SMARTS) is 2. The molecule has 126 valence electrons. The summed E-state index contributed by atoms with van der Waals surface area (Å²) in [4.78, 5) is 26.8. The van der Waals surface area contributed by atoms with Crippen LogP contribution in [0.1, 0.15) is 39.3 Å². The zero-order chi connectivity index (χ0) is 17.7. The van der Waals surface area contributed by atoms with Gasteiger partial charge < -0.3 is 19.7 Å². The van der Waals surface area contributed by atoms with Crippen LogP contribution in [-0.4, -0.2) is 34.0 Å². The molecule has 7 nitrogen and oxygen atoms in total. The van der Waals surface area contributed by atoms with Crippen LogP contribution in [0.2, 0.25) is 0 Å². The number of hydrogen-bond donors (Lipinski definition) is 2. The van der Waals surface area contributed by atoms with Gasteiger partial charge in [0.15, 0.2) is 0 Å². The quantitative estimate of drug-likeness (QED) is 0.826. The van der Waals surface area contributed by atoms with Crippen molar-refractivity contribution in [1.29, 1.82) is 0 Å². The Kier molecular flexibility index (Phi) is 3.33. The van der Waals surface area contributed by atoms with Gasteiger partial charge in [0.1, 0.15) is 23.7 Å². The molecule has 1 saturated heterocycles. The van der Waals surface area contributed by atoms with E-state index in [0.29, 0.717) is 5.75 Å². The summed E-state index contributed by atoms with van der Waals surface area (Å²) < 4.78 is 11.2. The van der Waals surface area contributed by atoms with E-state index in [4.69, 9.17) is 14.6 Å². The summed E-state index contributed by atoms with van der Waals surface area (Å²) in [7, 11) is 0. The monoisotopic (exact) mass is 339 g/mol. The van der Waals surface area contributed by atoms with Gasteiger partial charge in [-0.1, -0.05) is 6.07 Å². The minimum absolute atomic E-state index is 0.0509. The second-order valence-corrected chi connectivity index (χ2v) is 5.87. The number of hydrogen-bond acceptors (Lipinski definition) is 5. The first-order valence-electron chi connectivity index (χ1n) is 7.57. The maximum atomic E-state index is 11.2. The van der Waals surface area contributed by atoms with Gasteiger partial charge in [0, 0.05) is 17.3 Å². The molecule has 0 saturated carbocycles. The predicted molar refractivity (Wildman–Crippen MR) is 87.3 cm³/mol. The van der Waals surface area contributed by atoms with Crippen molar-refractivity contribution >= 4 is 23.3 Å². The number of epoxide rings is 1. The fourth-order valence-electron chi connectivity index (χ4n) is 2.93. The summed E-state index contributed by atoms with van der Waals surface area (Å²) in [5.74, 6) is -1.92. The van der Waals surface area contributed by atoms with Gasteiger partial charge in [-0.15, -0.1) is 0 Å². The number of carboxylic acids is 2. The summed E-state index contributed by atoms with van der Waals surface area (Å²) in [6.45, 7) is 1.91. The molecule has 2 aromatic carbocycles. The maximum absolute atomic E-state index is 11.2. The average molecular weight is 339 g/mol. The van der Waals surface area contributed by atoms with Crippen LogP contribution in [0.5, 0.6) is 11.5 Å². The summed E-state index contributed by atoms with van der Waals surface area (Å²) in [5.41, 5.74) is 2.05. The highest BCUT2D eigenvalue weighted by molar-refractivity contribution is 6.02. The van der Waals surface area contributed by atoms with Gasteiger partial charge in [-0.25, -0.2) is 9.59 Å². The number of carbonyl (C=O) groups is 2. The van der Waals surface area contributed by atoms with Crippen molar-refractivity contribution in [2.24, 2.45) is 4.99 Å². The standard InChI is InChI=1S/C18H13NO6/c1-8-15-16(25-15)12-5-3-10(7-14(12)19-8)24-9-2-4-11(17(20)21)13(6-9)18(22)23/h2-7,15-16H,1H3,(H,20,21)(H,22,23). The Bertz CT molecular complexity index is 949. The highest BCUT2D eigenvalue weighted by Gasteiger charge is 2.46. The lowest BCUT2D eigenvalue weighted by Gasteiger charge is -2.12. The van der Waals surface area contributed by atoms with E-state index in [9.17, 15) is 14.7 Å². The molecule has 0 spiro atoms. The average Bonchev–Trinajstić information content (AvgIpc) is 3.36. The molecule has 0 amide bonds. The molecule has 2 heterocycles. The van der Waals surface area contributed by atoms with Crippen LogP contribution in [0.25, 0.3) is 0 Å². The van der Waals surface area contributed by atoms with Crippen LogP contribution >= 0.6 is 0 Å². The second-order valence-electron chi connectivity index (χ2n) is 5.87. The van der Waals surface area contributed by atoms with Crippen LogP contribution in [0.4, 0.5) is 5.69 Å². The fourth-order valence-corrected chi connectivity index (χ4v) is 2.93. The highest BCUT2D eigenvalue weighted by Crippen LogP contribution is 2.48. The fraction of sp³-hybridized carbons (Fsp3) is 0.167. The van der Waals surface area contributed by atoms with E-state index in [2.05, 4.69) is 4.99 Å². The lowest BCUT2D eigenvalue weighted by Crippen LogP contribution is -2.08. The molecule has 2 aliphatic heterocycles. The van der Waals surface area contributed by atoms with Crippen molar-refractivity contribution in [2.45, 2.75) is 19.1 Å². The number of nitrogens with zero attached hydrogens (tertiary/aromatic N) is 1. The third-order valence-corrected chi connectivity index (χ3v) is 4.20. The molecule has 4 rings (SSSR count). The molecule has 1 fully saturated rings. The van der Waals surface area contributed by atoms with E-state index < -0.39 is 11.9 Å². The Morgan fingerprint density at radius 3 is 2.40 bits per heavy atom. The third kappa shape index (κ3) is 2.64. The molecule has 2 aliphatic rings. The van der Waals surface area contributed by atoms with E-state index in [1.807, 2.05) is 13.0 Å². The van der Waals surface area contributed by atoms with Gasteiger partial charge in [0.25, 0.3) is 0 Å². The van der Waals surface area contributed by atoms with E-state index >= 15 is 0 Å². The Balaban J connectivity index is 1.65. The number of aromatic carboxylic acids is 2. The SMILES string of the molecule is CC1=Nc2cc(Oc3ccc(C(=O)O)c(C(=O)O)c3)ccc2C2OC12. The number of aliphatic imine (C=N–C) groups is 1. The summed E-state index contributed by atoms with van der Waals surface area (Å²) in [6.07, 6.45) is 0.121. The lowest BCUT2D eigenvalue weighted by atomic mass is 10.0. The van der Waals surface area contributed by atoms with Gasteiger partial charge in [-0.2, -0.15) is 0 Å². The summed E-state index contributed by atoms with van der Waals surface area (Å²) in [5, 5.41) is 18.2. The molecule has 2 atom stereocenters. The highest BCUT2D eigenvalue weighted by atomic mass is 16.6. The van der Waals surface area contributed by atoms with Gasteiger partial charge in [0.2, 0.25) is 0 Å². The number of ether oxygens (including phenoxy) is 2. The van der Waals surface area contributed by atoms with Gasteiger partial charge in [-0.3, -0.25) is 4.99 Å². The lowest BCUT2D eigenvalue weighted by molar-refractivity contribution is 0.0651. The zero-order valence-corrected chi connectivity index (χ0v) is 13.1. The topological polar surface area (TPSA) is 109 Å². The van der Waals surface area contributed by atoms with E-state index in [1.165, 1.54) is 18.2 Å². The normalized spacial score (nSPS) is 20.1. The zero-order valence-electron chi connectivity index (χ0n) is 13.1. The molecule has 2 unspecified atom stereocenters.